The van der Waals surface area contributed by atoms with E-state index in [1.54, 1.807) is 30.5 Å². The fourth-order valence-electron chi connectivity index (χ4n) is 2.75. The van der Waals surface area contributed by atoms with Gasteiger partial charge in [0.05, 0.1) is 12.8 Å². The number of aromatic nitrogens is 3. The van der Waals surface area contributed by atoms with E-state index in [4.69, 9.17) is 4.74 Å². The fourth-order valence-corrected chi connectivity index (χ4v) is 2.75. The van der Waals surface area contributed by atoms with Crippen molar-refractivity contribution in [1.82, 2.24) is 15.0 Å². The molecule has 4 aromatic rings. The van der Waals surface area contributed by atoms with Crippen LogP contribution in [0, 0.1) is 5.82 Å². The zero-order chi connectivity index (χ0) is 18.1. The number of aromatic amines is 1. The summed E-state index contributed by atoms with van der Waals surface area (Å²) in [7, 11) is 1.32. The predicted octanol–water partition coefficient (Wildman–Crippen LogP) is 4.22. The Labute approximate surface area is 148 Å². The molecule has 5 nitrogen and oxygen atoms in total. The molecule has 0 radical (unpaired) electrons. The Bertz CT molecular complexity index is 1100. The highest BCUT2D eigenvalue weighted by molar-refractivity contribution is 5.89. The van der Waals surface area contributed by atoms with Crippen molar-refractivity contribution in [2.24, 2.45) is 0 Å². The van der Waals surface area contributed by atoms with E-state index in [0.717, 1.165) is 27.9 Å². The predicted molar refractivity (Wildman–Crippen MR) is 96.1 cm³/mol. The number of pyridine rings is 2. The number of fused-ring (bicyclic) bond motifs is 1. The molecule has 3 aromatic heterocycles. The molecule has 0 spiro atoms. The van der Waals surface area contributed by atoms with Crippen LogP contribution in [0.4, 0.5) is 4.39 Å². The van der Waals surface area contributed by atoms with E-state index in [0.29, 0.717) is 5.69 Å². The van der Waals surface area contributed by atoms with Crippen LogP contribution in [-0.2, 0) is 4.74 Å². The van der Waals surface area contributed by atoms with Gasteiger partial charge in [0, 0.05) is 22.8 Å². The summed E-state index contributed by atoms with van der Waals surface area (Å²) in [6, 6.07) is 15.3. The number of methoxy groups -OCH3 is 1. The highest BCUT2D eigenvalue weighted by Crippen LogP contribution is 2.26. The molecule has 3 heterocycles. The van der Waals surface area contributed by atoms with E-state index < -0.39 is 5.97 Å². The van der Waals surface area contributed by atoms with Gasteiger partial charge in [0.25, 0.3) is 0 Å². The van der Waals surface area contributed by atoms with Crippen molar-refractivity contribution in [2.45, 2.75) is 0 Å². The van der Waals surface area contributed by atoms with Crippen LogP contribution in [0.25, 0.3) is 33.5 Å². The number of nitrogens with zero attached hydrogens (tertiary/aromatic N) is 2. The Balaban J connectivity index is 1.74. The van der Waals surface area contributed by atoms with Crippen molar-refractivity contribution in [3.63, 3.8) is 0 Å². The summed E-state index contributed by atoms with van der Waals surface area (Å²) < 4.78 is 17.8. The van der Waals surface area contributed by atoms with Gasteiger partial charge in [-0.3, -0.25) is 0 Å². The fraction of sp³-hybridized carbons (Fsp3) is 0.0500. The summed E-state index contributed by atoms with van der Waals surface area (Å²) >= 11 is 0. The van der Waals surface area contributed by atoms with Gasteiger partial charge in [-0.15, -0.1) is 0 Å². The number of H-pyrrole nitrogens is 1. The number of esters is 1. The van der Waals surface area contributed by atoms with E-state index in [1.165, 1.54) is 19.2 Å². The van der Waals surface area contributed by atoms with Crippen LogP contribution in [0.5, 0.6) is 0 Å². The summed E-state index contributed by atoms with van der Waals surface area (Å²) in [6.07, 6.45) is 1.69. The number of hydrogen-bond acceptors (Lipinski definition) is 4. The topological polar surface area (TPSA) is 67.9 Å². The number of rotatable bonds is 3. The molecular weight excluding hydrogens is 333 g/mol. The molecule has 0 atom stereocenters. The number of nitrogens with one attached hydrogen (secondary N) is 1. The van der Waals surface area contributed by atoms with Gasteiger partial charge in [0.1, 0.15) is 17.2 Å². The van der Waals surface area contributed by atoms with Gasteiger partial charge in [-0.1, -0.05) is 6.07 Å². The normalized spacial score (nSPS) is 10.8. The molecule has 4 rings (SSSR count). The lowest BCUT2D eigenvalue weighted by atomic mass is 10.1. The van der Waals surface area contributed by atoms with E-state index in [1.807, 2.05) is 18.2 Å². The van der Waals surface area contributed by atoms with E-state index in [2.05, 4.69) is 15.0 Å². The minimum Gasteiger partial charge on any atom is -0.464 e. The molecule has 1 aromatic carbocycles. The molecule has 1 N–H and O–H groups in total. The SMILES string of the molecule is COC(=O)c1cccc(-c2cnc3[nH]c(-c4ccc(F)cc4)cc3c2)n1. The molecule has 128 valence electrons. The number of ether oxygens (including phenoxy) is 1. The van der Waals surface area contributed by atoms with Crippen molar-refractivity contribution in [3.8, 4) is 22.5 Å². The number of benzene rings is 1. The third-order valence-electron chi connectivity index (χ3n) is 4.06. The Morgan fingerprint density at radius 3 is 2.65 bits per heavy atom. The van der Waals surface area contributed by atoms with Crippen LogP contribution in [0.1, 0.15) is 10.5 Å². The quantitative estimate of drug-likeness (QED) is 0.564. The first-order valence-electron chi connectivity index (χ1n) is 7.94. The first kappa shape index (κ1) is 16.0. The lowest BCUT2D eigenvalue weighted by Crippen LogP contribution is -2.04. The minimum absolute atomic E-state index is 0.242. The summed E-state index contributed by atoms with van der Waals surface area (Å²) in [5.74, 6) is -0.761. The van der Waals surface area contributed by atoms with Crippen molar-refractivity contribution in [1.29, 1.82) is 0 Å². The third-order valence-corrected chi connectivity index (χ3v) is 4.06. The average Bonchev–Trinajstić information content (AvgIpc) is 3.11. The van der Waals surface area contributed by atoms with Crippen LogP contribution in [0.3, 0.4) is 0 Å². The van der Waals surface area contributed by atoms with Gasteiger partial charge in [-0.25, -0.2) is 19.2 Å². The van der Waals surface area contributed by atoms with Gasteiger partial charge in [-0.05, 0) is 54.1 Å². The molecule has 0 saturated heterocycles. The number of halogens is 1. The Morgan fingerprint density at radius 1 is 1.08 bits per heavy atom. The molecule has 0 aliphatic carbocycles. The molecule has 0 aliphatic heterocycles. The van der Waals surface area contributed by atoms with E-state index in [-0.39, 0.29) is 11.5 Å². The monoisotopic (exact) mass is 347 g/mol. The zero-order valence-corrected chi connectivity index (χ0v) is 13.9. The molecule has 0 unspecified atom stereocenters. The number of carbonyl (C=O) groups excluding carboxylic acids is 1. The van der Waals surface area contributed by atoms with E-state index >= 15 is 0 Å². The van der Waals surface area contributed by atoms with Crippen molar-refractivity contribution in [2.75, 3.05) is 7.11 Å². The third kappa shape index (κ3) is 2.93. The first-order valence-corrected chi connectivity index (χ1v) is 7.94. The first-order chi connectivity index (χ1) is 12.6. The summed E-state index contributed by atoms with van der Waals surface area (Å²) in [5.41, 5.74) is 4.10. The zero-order valence-electron chi connectivity index (χ0n) is 13.9. The van der Waals surface area contributed by atoms with Crippen LogP contribution in [0.2, 0.25) is 0 Å². The largest absolute Gasteiger partial charge is 0.464 e. The van der Waals surface area contributed by atoms with Gasteiger partial charge in [0.2, 0.25) is 0 Å². The van der Waals surface area contributed by atoms with Crippen LogP contribution in [0.15, 0.2) is 60.8 Å². The van der Waals surface area contributed by atoms with Crippen LogP contribution < -0.4 is 0 Å². The Hall–Kier alpha value is -3.54. The second-order valence-corrected chi connectivity index (χ2v) is 5.75. The second kappa shape index (κ2) is 6.40. The van der Waals surface area contributed by atoms with E-state index in [9.17, 15) is 9.18 Å². The standard InChI is InChI=1S/C20H14FN3O2/c1-26-20(25)17-4-2-3-16(23-17)14-9-13-10-18(24-19(13)22-11-14)12-5-7-15(21)8-6-12/h2-11H,1H3,(H,22,24). The second-order valence-electron chi connectivity index (χ2n) is 5.75. The average molecular weight is 347 g/mol. The summed E-state index contributed by atoms with van der Waals surface area (Å²) in [4.78, 5) is 23.6. The molecule has 0 amide bonds. The molecule has 26 heavy (non-hydrogen) atoms. The lowest BCUT2D eigenvalue weighted by molar-refractivity contribution is 0.0594. The smallest absolute Gasteiger partial charge is 0.356 e. The van der Waals surface area contributed by atoms with Gasteiger partial charge in [-0.2, -0.15) is 0 Å². The Morgan fingerprint density at radius 2 is 1.88 bits per heavy atom. The summed E-state index contributed by atoms with van der Waals surface area (Å²) in [5, 5.41) is 0.895. The molecule has 0 aliphatic rings. The highest BCUT2D eigenvalue weighted by Gasteiger charge is 2.11. The van der Waals surface area contributed by atoms with Crippen molar-refractivity contribution < 1.29 is 13.9 Å². The molecule has 0 saturated carbocycles. The maximum atomic E-state index is 13.1. The lowest BCUT2D eigenvalue weighted by Gasteiger charge is -2.03. The number of hydrogen-bond donors (Lipinski definition) is 1. The Kier molecular flexibility index (Phi) is 3.93. The minimum atomic E-state index is -0.485. The molecular formula is C20H14FN3O2. The maximum Gasteiger partial charge on any atom is 0.356 e. The van der Waals surface area contributed by atoms with Crippen molar-refractivity contribution >= 4 is 17.0 Å². The van der Waals surface area contributed by atoms with Crippen LogP contribution >= 0.6 is 0 Å². The molecule has 6 heteroatoms. The molecule has 0 bridgehead atoms. The van der Waals surface area contributed by atoms with Gasteiger partial charge >= 0.3 is 5.97 Å². The van der Waals surface area contributed by atoms with Crippen molar-refractivity contribution in [3.05, 3.63) is 72.3 Å². The summed E-state index contributed by atoms with van der Waals surface area (Å²) in [6.45, 7) is 0. The molecule has 0 fully saturated rings. The van der Waals surface area contributed by atoms with Gasteiger partial charge in [0.15, 0.2) is 0 Å². The highest BCUT2D eigenvalue weighted by atomic mass is 19.1. The maximum absolute atomic E-state index is 13.1. The van der Waals surface area contributed by atoms with Gasteiger partial charge < -0.3 is 9.72 Å². The number of carbonyl (C=O) groups is 1. The van der Waals surface area contributed by atoms with Crippen LogP contribution in [-0.4, -0.2) is 28.0 Å².